The number of nitrogens with zero attached hydrogens (tertiary/aromatic N) is 1. The predicted molar refractivity (Wildman–Crippen MR) is 89.9 cm³/mol. The minimum atomic E-state index is 0.275. The lowest BCUT2D eigenvalue weighted by atomic mass is 9.97. The first-order valence-corrected chi connectivity index (χ1v) is 7.89. The van der Waals surface area contributed by atoms with Gasteiger partial charge >= 0.3 is 0 Å². The summed E-state index contributed by atoms with van der Waals surface area (Å²) in [5.74, 6) is 0. The first-order chi connectivity index (χ1) is 10.1. The molecule has 1 aromatic heterocycles. The van der Waals surface area contributed by atoms with Crippen molar-refractivity contribution in [2.24, 2.45) is 0 Å². The van der Waals surface area contributed by atoms with E-state index >= 15 is 0 Å². The fourth-order valence-electron chi connectivity index (χ4n) is 2.47. The van der Waals surface area contributed by atoms with Crippen molar-refractivity contribution < 1.29 is 0 Å². The Balaban J connectivity index is 2.22. The molecule has 3 heteroatoms. The van der Waals surface area contributed by atoms with Gasteiger partial charge in [-0.15, -0.1) is 0 Å². The van der Waals surface area contributed by atoms with Crippen molar-refractivity contribution in [2.75, 3.05) is 6.54 Å². The lowest BCUT2D eigenvalue weighted by Crippen LogP contribution is -2.25. The van der Waals surface area contributed by atoms with Crippen LogP contribution in [0.5, 0.6) is 0 Å². The number of nitrogens with one attached hydrogen (secondary N) is 1. The molecule has 0 radical (unpaired) electrons. The van der Waals surface area contributed by atoms with Gasteiger partial charge in [0.25, 0.3) is 0 Å². The molecule has 0 bridgehead atoms. The second-order valence-corrected chi connectivity index (χ2v) is 5.98. The van der Waals surface area contributed by atoms with Gasteiger partial charge in [-0.1, -0.05) is 30.7 Å². The van der Waals surface area contributed by atoms with Gasteiger partial charge in [-0.25, -0.2) is 0 Å². The molecule has 1 heterocycles. The number of benzene rings is 1. The number of pyridine rings is 1. The average Bonchev–Trinajstić information content (AvgIpc) is 2.46. The highest BCUT2D eigenvalue weighted by Crippen LogP contribution is 2.24. The number of aromatic nitrogens is 1. The minimum Gasteiger partial charge on any atom is -0.310 e. The molecule has 1 atom stereocenters. The quantitative estimate of drug-likeness (QED) is 0.841. The van der Waals surface area contributed by atoms with E-state index in [2.05, 4.69) is 49.3 Å². The van der Waals surface area contributed by atoms with E-state index in [0.717, 1.165) is 30.1 Å². The van der Waals surface area contributed by atoms with Gasteiger partial charge in [-0.05, 0) is 61.7 Å². The molecule has 0 aliphatic heterocycles. The van der Waals surface area contributed by atoms with Crippen molar-refractivity contribution >= 4 is 11.6 Å². The van der Waals surface area contributed by atoms with Crippen LogP contribution in [0.25, 0.3) is 0 Å². The standard InChI is InChI=1S/C18H23ClN2/c1-4-9-20-18(11-16-7-5-13(2)12-21-16)17-8-6-15(19)10-14(17)3/h5-8,10,12,18,20H,4,9,11H2,1-3H3. The van der Waals surface area contributed by atoms with Crippen molar-refractivity contribution in [3.63, 3.8) is 0 Å². The van der Waals surface area contributed by atoms with Crippen molar-refractivity contribution in [1.82, 2.24) is 10.3 Å². The third kappa shape index (κ3) is 4.55. The molecule has 0 saturated carbocycles. The molecule has 0 amide bonds. The lowest BCUT2D eigenvalue weighted by Gasteiger charge is -2.21. The zero-order valence-corrected chi connectivity index (χ0v) is 13.7. The van der Waals surface area contributed by atoms with E-state index in [9.17, 15) is 0 Å². The van der Waals surface area contributed by atoms with E-state index in [1.165, 1.54) is 16.7 Å². The van der Waals surface area contributed by atoms with Crippen LogP contribution in [0.4, 0.5) is 0 Å². The molecule has 0 saturated heterocycles. The Morgan fingerprint density at radius 1 is 1.19 bits per heavy atom. The van der Waals surface area contributed by atoms with Crippen LogP contribution in [0.3, 0.4) is 0 Å². The Kier molecular flexibility index (Phi) is 5.77. The summed E-state index contributed by atoms with van der Waals surface area (Å²) in [4.78, 5) is 4.53. The van der Waals surface area contributed by atoms with Gasteiger partial charge in [0.2, 0.25) is 0 Å². The summed E-state index contributed by atoms with van der Waals surface area (Å²) in [6, 6.07) is 10.6. The maximum Gasteiger partial charge on any atom is 0.0422 e. The van der Waals surface area contributed by atoms with Crippen LogP contribution in [0.1, 0.15) is 41.8 Å². The van der Waals surface area contributed by atoms with Gasteiger partial charge in [0, 0.05) is 29.4 Å². The fourth-order valence-corrected chi connectivity index (χ4v) is 2.70. The van der Waals surface area contributed by atoms with Crippen LogP contribution in [0.2, 0.25) is 5.02 Å². The molecule has 0 aliphatic carbocycles. The lowest BCUT2D eigenvalue weighted by molar-refractivity contribution is 0.522. The molecule has 0 spiro atoms. The summed E-state index contributed by atoms with van der Waals surface area (Å²) in [5, 5.41) is 4.42. The average molecular weight is 303 g/mol. The monoisotopic (exact) mass is 302 g/mol. The molecule has 0 aliphatic rings. The Bertz CT molecular complexity index is 578. The summed E-state index contributed by atoms with van der Waals surface area (Å²) in [6.07, 6.45) is 3.94. The van der Waals surface area contributed by atoms with Crippen LogP contribution in [-0.4, -0.2) is 11.5 Å². The normalized spacial score (nSPS) is 12.4. The molecule has 21 heavy (non-hydrogen) atoms. The molecule has 2 aromatic rings. The van der Waals surface area contributed by atoms with Gasteiger partial charge < -0.3 is 5.32 Å². The topological polar surface area (TPSA) is 24.9 Å². The van der Waals surface area contributed by atoms with Crippen LogP contribution in [0, 0.1) is 13.8 Å². The summed E-state index contributed by atoms with van der Waals surface area (Å²) in [6.45, 7) is 7.36. The van der Waals surface area contributed by atoms with Crippen molar-refractivity contribution in [3.8, 4) is 0 Å². The molecule has 112 valence electrons. The largest absolute Gasteiger partial charge is 0.310 e. The second kappa shape index (κ2) is 7.58. The maximum absolute atomic E-state index is 6.07. The third-order valence-electron chi connectivity index (χ3n) is 3.63. The first-order valence-electron chi connectivity index (χ1n) is 7.51. The Morgan fingerprint density at radius 3 is 2.62 bits per heavy atom. The van der Waals surface area contributed by atoms with E-state index in [0.29, 0.717) is 0 Å². The van der Waals surface area contributed by atoms with Crippen molar-refractivity contribution in [2.45, 2.75) is 39.7 Å². The van der Waals surface area contributed by atoms with E-state index in [-0.39, 0.29) is 6.04 Å². The zero-order chi connectivity index (χ0) is 15.2. The second-order valence-electron chi connectivity index (χ2n) is 5.54. The summed E-state index contributed by atoms with van der Waals surface area (Å²) < 4.78 is 0. The fraction of sp³-hybridized carbons (Fsp3) is 0.389. The minimum absolute atomic E-state index is 0.275. The number of hydrogen-bond acceptors (Lipinski definition) is 2. The Hall–Kier alpha value is -1.38. The molecule has 0 fully saturated rings. The number of aryl methyl sites for hydroxylation is 2. The third-order valence-corrected chi connectivity index (χ3v) is 3.87. The molecule has 2 nitrogen and oxygen atoms in total. The molecule has 2 rings (SSSR count). The molecule has 1 aromatic carbocycles. The van der Waals surface area contributed by atoms with E-state index in [4.69, 9.17) is 11.6 Å². The predicted octanol–water partition coefficient (Wildman–Crippen LogP) is 4.64. The molecular weight excluding hydrogens is 280 g/mol. The highest BCUT2D eigenvalue weighted by atomic mass is 35.5. The van der Waals surface area contributed by atoms with Crippen LogP contribution in [-0.2, 0) is 6.42 Å². The SMILES string of the molecule is CCCNC(Cc1ccc(C)cn1)c1ccc(Cl)cc1C. The van der Waals surface area contributed by atoms with Gasteiger partial charge in [0.05, 0.1) is 0 Å². The van der Waals surface area contributed by atoms with Crippen molar-refractivity contribution in [3.05, 3.63) is 63.9 Å². The zero-order valence-electron chi connectivity index (χ0n) is 13.0. The maximum atomic E-state index is 6.07. The van der Waals surface area contributed by atoms with E-state index in [1.54, 1.807) is 0 Å². The number of hydrogen-bond donors (Lipinski definition) is 1. The highest BCUT2D eigenvalue weighted by Gasteiger charge is 2.14. The summed E-state index contributed by atoms with van der Waals surface area (Å²) in [5.41, 5.74) is 4.83. The van der Waals surface area contributed by atoms with Gasteiger partial charge in [0.15, 0.2) is 0 Å². The summed E-state index contributed by atoms with van der Waals surface area (Å²) in [7, 11) is 0. The molecule has 1 N–H and O–H groups in total. The van der Waals surface area contributed by atoms with Gasteiger partial charge in [-0.2, -0.15) is 0 Å². The molecular formula is C18H23ClN2. The van der Waals surface area contributed by atoms with E-state index in [1.807, 2.05) is 18.3 Å². The molecule has 1 unspecified atom stereocenters. The number of rotatable bonds is 6. The first kappa shape index (κ1) is 16.0. The van der Waals surface area contributed by atoms with Crippen LogP contribution >= 0.6 is 11.6 Å². The van der Waals surface area contributed by atoms with Gasteiger partial charge in [0.1, 0.15) is 0 Å². The van der Waals surface area contributed by atoms with Crippen LogP contribution < -0.4 is 5.32 Å². The Labute approximate surface area is 132 Å². The Morgan fingerprint density at radius 2 is 2.00 bits per heavy atom. The highest BCUT2D eigenvalue weighted by molar-refractivity contribution is 6.30. The van der Waals surface area contributed by atoms with E-state index < -0.39 is 0 Å². The van der Waals surface area contributed by atoms with Gasteiger partial charge in [-0.3, -0.25) is 4.98 Å². The smallest absolute Gasteiger partial charge is 0.0422 e. The van der Waals surface area contributed by atoms with Crippen LogP contribution in [0.15, 0.2) is 36.5 Å². The van der Waals surface area contributed by atoms with Crippen molar-refractivity contribution in [1.29, 1.82) is 0 Å². The summed E-state index contributed by atoms with van der Waals surface area (Å²) >= 11 is 6.07. The number of halogens is 1.